The predicted molar refractivity (Wildman–Crippen MR) is 99.5 cm³/mol. The zero-order chi connectivity index (χ0) is 18.8. The Balaban J connectivity index is 2.38. The fraction of sp³-hybridized carbons (Fsp3) is 0.105. The lowest BCUT2D eigenvalue weighted by atomic mass is 9.87. The fourth-order valence-electron chi connectivity index (χ4n) is 2.96. The van der Waals surface area contributed by atoms with Gasteiger partial charge < -0.3 is 15.9 Å². The van der Waals surface area contributed by atoms with Gasteiger partial charge in [0, 0.05) is 17.5 Å². The van der Waals surface area contributed by atoms with Gasteiger partial charge in [0.1, 0.15) is 0 Å². The van der Waals surface area contributed by atoms with Crippen LogP contribution in [-0.2, 0) is 6.54 Å². The Labute approximate surface area is 153 Å². The molecule has 0 radical (unpaired) electrons. The van der Waals surface area contributed by atoms with Gasteiger partial charge in [0.15, 0.2) is 0 Å². The highest BCUT2D eigenvalue weighted by Crippen LogP contribution is 2.37. The summed E-state index contributed by atoms with van der Waals surface area (Å²) >= 11 is 1.28. The molecule has 4 N–H and O–H groups in total. The fourth-order valence-corrected chi connectivity index (χ4v) is 3.50. The standard InChI is InChI=1S/C19H16N2O4S/c1-10-6-13(12-4-2-11(7-20)3-5-12)16(19(24)25)17(15(10)18(22)23)14-8-26-9-21-14/h2-6,8-9H,7,20H2,1H3,(H,22,23)(H,24,25). The Hall–Kier alpha value is -3.03. The van der Waals surface area contributed by atoms with Crippen molar-refractivity contribution in [3.63, 3.8) is 0 Å². The molecule has 26 heavy (non-hydrogen) atoms. The van der Waals surface area contributed by atoms with E-state index in [0.717, 1.165) is 5.56 Å². The van der Waals surface area contributed by atoms with Crippen LogP contribution in [0.3, 0.4) is 0 Å². The minimum atomic E-state index is -1.20. The van der Waals surface area contributed by atoms with Crippen LogP contribution in [-0.4, -0.2) is 27.1 Å². The molecular weight excluding hydrogens is 352 g/mol. The predicted octanol–water partition coefficient (Wildman–Crippen LogP) is 3.64. The second-order valence-electron chi connectivity index (χ2n) is 5.75. The zero-order valence-corrected chi connectivity index (χ0v) is 14.7. The summed E-state index contributed by atoms with van der Waals surface area (Å²) < 4.78 is 0. The van der Waals surface area contributed by atoms with E-state index >= 15 is 0 Å². The lowest BCUT2D eigenvalue weighted by molar-refractivity contribution is 0.0695. The van der Waals surface area contributed by atoms with E-state index in [1.807, 2.05) is 12.1 Å². The Bertz CT molecular complexity index is 980. The molecule has 0 fully saturated rings. The first kappa shape index (κ1) is 17.8. The maximum atomic E-state index is 12.1. The first-order valence-corrected chi connectivity index (χ1v) is 8.70. The van der Waals surface area contributed by atoms with Crippen molar-refractivity contribution in [3.8, 4) is 22.4 Å². The van der Waals surface area contributed by atoms with Gasteiger partial charge in [0.2, 0.25) is 0 Å². The van der Waals surface area contributed by atoms with Gasteiger partial charge in [-0.1, -0.05) is 24.3 Å². The molecule has 1 aromatic heterocycles. The molecule has 0 aliphatic heterocycles. The normalized spacial score (nSPS) is 10.7. The molecule has 0 amide bonds. The summed E-state index contributed by atoms with van der Waals surface area (Å²) in [4.78, 5) is 28.0. The second kappa shape index (κ2) is 7.07. The van der Waals surface area contributed by atoms with Gasteiger partial charge in [0.05, 0.1) is 22.3 Å². The van der Waals surface area contributed by atoms with Gasteiger partial charge >= 0.3 is 11.9 Å². The maximum Gasteiger partial charge on any atom is 0.337 e. The van der Waals surface area contributed by atoms with E-state index in [1.54, 1.807) is 36.0 Å². The summed E-state index contributed by atoms with van der Waals surface area (Å²) in [5.74, 6) is -2.38. The molecular formula is C19H16N2O4S. The number of hydrogen-bond donors (Lipinski definition) is 3. The first-order chi connectivity index (χ1) is 12.4. The molecule has 0 unspecified atom stereocenters. The van der Waals surface area contributed by atoms with Crippen molar-refractivity contribution in [2.75, 3.05) is 0 Å². The Kier molecular flexibility index (Phi) is 4.83. The van der Waals surface area contributed by atoms with Gasteiger partial charge in [-0.05, 0) is 35.2 Å². The molecule has 2 aromatic carbocycles. The monoisotopic (exact) mass is 368 g/mol. The van der Waals surface area contributed by atoms with Crippen LogP contribution in [0.25, 0.3) is 22.4 Å². The van der Waals surface area contributed by atoms with Crippen molar-refractivity contribution >= 4 is 23.3 Å². The summed E-state index contributed by atoms with van der Waals surface area (Å²) in [6.07, 6.45) is 0. The SMILES string of the molecule is Cc1cc(-c2ccc(CN)cc2)c(C(=O)O)c(-c2cscn2)c1C(=O)O. The molecule has 3 aromatic rings. The highest BCUT2D eigenvalue weighted by Gasteiger charge is 2.27. The molecule has 0 atom stereocenters. The number of carboxylic acids is 2. The van der Waals surface area contributed by atoms with Gasteiger partial charge in [0.25, 0.3) is 0 Å². The topological polar surface area (TPSA) is 114 Å². The molecule has 132 valence electrons. The number of nitrogens with two attached hydrogens (primary N) is 1. The summed E-state index contributed by atoms with van der Waals surface area (Å²) in [5.41, 5.74) is 10.0. The average Bonchev–Trinajstić information content (AvgIpc) is 3.14. The molecule has 7 heteroatoms. The molecule has 0 saturated carbocycles. The number of aromatic nitrogens is 1. The minimum Gasteiger partial charge on any atom is -0.478 e. The van der Waals surface area contributed by atoms with Crippen molar-refractivity contribution in [1.82, 2.24) is 4.98 Å². The van der Waals surface area contributed by atoms with Crippen LogP contribution in [0.5, 0.6) is 0 Å². The Morgan fingerprint density at radius 1 is 1.12 bits per heavy atom. The highest BCUT2D eigenvalue weighted by molar-refractivity contribution is 7.07. The van der Waals surface area contributed by atoms with E-state index in [2.05, 4.69) is 4.98 Å². The lowest BCUT2D eigenvalue weighted by Crippen LogP contribution is -2.11. The molecule has 6 nitrogen and oxygen atoms in total. The summed E-state index contributed by atoms with van der Waals surface area (Å²) in [6, 6.07) is 8.82. The van der Waals surface area contributed by atoms with Crippen LogP contribution in [0.1, 0.15) is 31.8 Å². The largest absolute Gasteiger partial charge is 0.478 e. The van der Waals surface area contributed by atoms with E-state index in [9.17, 15) is 19.8 Å². The van der Waals surface area contributed by atoms with E-state index in [1.165, 1.54) is 11.3 Å². The van der Waals surface area contributed by atoms with Crippen molar-refractivity contribution < 1.29 is 19.8 Å². The Morgan fingerprint density at radius 2 is 1.77 bits per heavy atom. The van der Waals surface area contributed by atoms with Crippen LogP contribution in [0, 0.1) is 6.92 Å². The number of carboxylic acid groups (broad SMARTS) is 2. The van der Waals surface area contributed by atoms with Crippen LogP contribution in [0.15, 0.2) is 41.2 Å². The van der Waals surface area contributed by atoms with E-state index in [4.69, 9.17) is 5.73 Å². The minimum absolute atomic E-state index is 0.0457. The van der Waals surface area contributed by atoms with E-state index in [0.29, 0.717) is 28.9 Å². The number of rotatable bonds is 5. The smallest absolute Gasteiger partial charge is 0.337 e. The molecule has 1 heterocycles. The third-order valence-corrected chi connectivity index (χ3v) is 4.73. The van der Waals surface area contributed by atoms with Crippen LogP contribution < -0.4 is 5.73 Å². The van der Waals surface area contributed by atoms with Gasteiger partial charge in [-0.2, -0.15) is 0 Å². The number of aromatic carboxylic acids is 2. The highest BCUT2D eigenvalue weighted by atomic mass is 32.1. The van der Waals surface area contributed by atoms with Gasteiger partial charge in [-0.25, -0.2) is 14.6 Å². The van der Waals surface area contributed by atoms with Crippen LogP contribution >= 0.6 is 11.3 Å². The number of nitrogens with zero attached hydrogens (tertiary/aromatic N) is 1. The van der Waals surface area contributed by atoms with E-state index in [-0.39, 0.29) is 16.7 Å². The van der Waals surface area contributed by atoms with Crippen molar-refractivity contribution in [2.45, 2.75) is 13.5 Å². The number of benzene rings is 2. The molecule has 0 aliphatic carbocycles. The van der Waals surface area contributed by atoms with E-state index < -0.39 is 11.9 Å². The molecule has 0 aliphatic rings. The van der Waals surface area contributed by atoms with Crippen molar-refractivity contribution in [2.24, 2.45) is 5.73 Å². The summed E-state index contributed by atoms with van der Waals surface area (Å²) in [7, 11) is 0. The molecule has 0 spiro atoms. The summed E-state index contributed by atoms with van der Waals surface area (Å²) in [6.45, 7) is 2.04. The molecule has 0 bridgehead atoms. The van der Waals surface area contributed by atoms with Gasteiger partial charge in [-0.3, -0.25) is 0 Å². The van der Waals surface area contributed by atoms with Crippen LogP contribution in [0.2, 0.25) is 0 Å². The quantitative estimate of drug-likeness (QED) is 0.633. The maximum absolute atomic E-state index is 12.1. The number of carbonyl (C=O) groups is 2. The van der Waals surface area contributed by atoms with Gasteiger partial charge in [-0.15, -0.1) is 11.3 Å². The second-order valence-corrected chi connectivity index (χ2v) is 6.47. The first-order valence-electron chi connectivity index (χ1n) is 7.76. The van der Waals surface area contributed by atoms with Crippen molar-refractivity contribution in [1.29, 1.82) is 0 Å². The lowest BCUT2D eigenvalue weighted by Gasteiger charge is -2.16. The molecule has 0 saturated heterocycles. The molecule has 3 rings (SSSR count). The Morgan fingerprint density at radius 3 is 2.27 bits per heavy atom. The zero-order valence-electron chi connectivity index (χ0n) is 13.9. The number of hydrogen-bond acceptors (Lipinski definition) is 5. The van der Waals surface area contributed by atoms with Crippen molar-refractivity contribution in [3.05, 3.63) is 63.5 Å². The summed E-state index contributed by atoms with van der Waals surface area (Å²) in [5, 5.41) is 21.2. The number of aryl methyl sites for hydroxylation is 1. The average molecular weight is 368 g/mol. The van der Waals surface area contributed by atoms with Crippen LogP contribution in [0.4, 0.5) is 0 Å². The third-order valence-electron chi connectivity index (χ3n) is 4.14. The third kappa shape index (κ3) is 3.10. The number of thiazole rings is 1.